The predicted molar refractivity (Wildman–Crippen MR) is 138 cm³/mol. The van der Waals surface area contributed by atoms with Crippen LogP contribution in [0.2, 0.25) is 5.02 Å². The zero-order valence-electron chi connectivity index (χ0n) is 21.6. The highest BCUT2D eigenvalue weighted by atomic mass is 35.5. The van der Waals surface area contributed by atoms with E-state index in [1.165, 1.54) is 18.0 Å². The lowest BCUT2D eigenvalue weighted by Gasteiger charge is -2.35. The van der Waals surface area contributed by atoms with Crippen molar-refractivity contribution in [1.29, 1.82) is 0 Å². The van der Waals surface area contributed by atoms with Crippen molar-refractivity contribution >= 4 is 27.3 Å². The monoisotopic (exact) mass is 579 g/mol. The highest BCUT2D eigenvalue weighted by Gasteiger charge is 2.37. The topological polar surface area (TPSA) is 111 Å². The summed E-state index contributed by atoms with van der Waals surface area (Å²) in [6, 6.07) is 5.03. The molecule has 0 bridgehead atoms. The average Bonchev–Trinajstić information content (AvgIpc) is 3.17. The molecule has 13 heteroatoms. The lowest BCUT2D eigenvalue weighted by Crippen LogP contribution is -2.47. The number of rotatable bonds is 10. The number of aliphatic hydroxyl groups is 1. The number of hydrogen-bond donors (Lipinski definition) is 2. The first-order chi connectivity index (χ1) is 17.7. The molecule has 1 aliphatic rings. The van der Waals surface area contributed by atoms with Gasteiger partial charge >= 0.3 is 6.18 Å². The summed E-state index contributed by atoms with van der Waals surface area (Å²) in [5.41, 5.74) is 0.345. The molecule has 1 amide bonds. The van der Waals surface area contributed by atoms with Gasteiger partial charge in [0.25, 0.3) is 5.91 Å². The molecule has 38 heavy (non-hydrogen) atoms. The van der Waals surface area contributed by atoms with Crippen molar-refractivity contribution in [2.75, 3.05) is 19.9 Å². The summed E-state index contributed by atoms with van der Waals surface area (Å²) in [5, 5.41) is 17.4. The van der Waals surface area contributed by atoms with E-state index in [0.29, 0.717) is 42.0 Å². The van der Waals surface area contributed by atoms with Crippen molar-refractivity contribution in [3.63, 3.8) is 0 Å². The molecule has 1 aromatic carbocycles. The molecule has 8 nitrogen and oxygen atoms in total. The van der Waals surface area contributed by atoms with Gasteiger partial charge in [0.05, 0.1) is 28.7 Å². The molecule has 0 spiro atoms. The number of benzene rings is 1. The van der Waals surface area contributed by atoms with E-state index in [9.17, 15) is 31.5 Å². The van der Waals surface area contributed by atoms with Crippen molar-refractivity contribution in [2.45, 2.75) is 75.4 Å². The van der Waals surface area contributed by atoms with Gasteiger partial charge in [-0.3, -0.25) is 9.48 Å². The molecular weight excluding hydrogens is 547 g/mol. The molecule has 1 saturated carbocycles. The zero-order chi connectivity index (χ0) is 28.3. The molecule has 1 aromatic heterocycles. The van der Waals surface area contributed by atoms with Gasteiger partial charge in [-0.15, -0.1) is 0 Å². The van der Waals surface area contributed by atoms with E-state index in [1.807, 2.05) is 6.92 Å². The second-order valence-corrected chi connectivity index (χ2v) is 12.5. The number of ether oxygens (including phenoxy) is 1. The number of hydrogen-bond acceptors (Lipinski definition) is 6. The number of aromatic nitrogens is 2. The fourth-order valence-corrected chi connectivity index (χ4v) is 6.13. The number of alkyl halides is 3. The Kier molecular flexibility index (Phi) is 9.41. The van der Waals surface area contributed by atoms with Crippen LogP contribution in [0.15, 0.2) is 18.2 Å². The van der Waals surface area contributed by atoms with E-state index < -0.39 is 39.2 Å². The lowest BCUT2D eigenvalue weighted by atomic mass is 9.84. The van der Waals surface area contributed by atoms with Gasteiger partial charge in [0.2, 0.25) is 0 Å². The number of carbonyl (C=O) groups is 1. The minimum absolute atomic E-state index is 0.0479. The number of aryl methyl sites for hydroxylation is 2. The standard InChI is InChI=1S/C25H33ClF3N3O5S/c1-4-32-22(18-8-7-16(14-19(18)37-2)6-5-11-25(27,28)29)20(26)21(31-32)23(33)30-15-24(34)12-9-17(10-13-24)38(3,35)36/h7-8,14,17,34H,4-6,9-13,15H2,1-3H3,(H,30,33). The maximum absolute atomic E-state index is 13.0. The van der Waals surface area contributed by atoms with Gasteiger partial charge in [-0.1, -0.05) is 17.7 Å². The summed E-state index contributed by atoms with van der Waals surface area (Å²) in [5.74, 6) is -0.209. The normalized spacial score (nSPS) is 20.4. The quantitative estimate of drug-likeness (QED) is 0.427. The first-order valence-corrected chi connectivity index (χ1v) is 14.7. The first-order valence-electron chi connectivity index (χ1n) is 12.4. The Hall–Kier alpha value is -2.31. The van der Waals surface area contributed by atoms with Crippen molar-refractivity contribution in [2.24, 2.45) is 0 Å². The molecule has 3 rings (SSSR count). The number of sulfone groups is 1. The van der Waals surface area contributed by atoms with Gasteiger partial charge in [-0.2, -0.15) is 18.3 Å². The third-order valence-electron chi connectivity index (χ3n) is 6.90. The Labute approximate surface area is 225 Å². The van der Waals surface area contributed by atoms with E-state index >= 15 is 0 Å². The van der Waals surface area contributed by atoms with E-state index in [4.69, 9.17) is 16.3 Å². The predicted octanol–water partition coefficient (Wildman–Crippen LogP) is 4.57. The summed E-state index contributed by atoms with van der Waals surface area (Å²) >= 11 is 6.61. The summed E-state index contributed by atoms with van der Waals surface area (Å²) in [6.07, 6.45) is -2.64. The minimum Gasteiger partial charge on any atom is -0.496 e. The summed E-state index contributed by atoms with van der Waals surface area (Å²) < 4.78 is 68.1. The molecule has 0 unspecified atom stereocenters. The Morgan fingerprint density at radius 3 is 2.53 bits per heavy atom. The number of methoxy groups -OCH3 is 1. The minimum atomic E-state index is -4.21. The van der Waals surface area contributed by atoms with Crippen LogP contribution in [0.25, 0.3) is 11.3 Å². The highest BCUT2D eigenvalue weighted by Crippen LogP contribution is 2.38. The summed E-state index contributed by atoms with van der Waals surface area (Å²) in [6.45, 7) is 2.11. The largest absolute Gasteiger partial charge is 0.496 e. The maximum atomic E-state index is 13.0. The Morgan fingerprint density at radius 1 is 1.32 bits per heavy atom. The van der Waals surface area contributed by atoms with Gasteiger partial charge in [-0.25, -0.2) is 8.42 Å². The number of nitrogens with zero attached hydrogens (tertiary/aromatic N) is 2. The van der Waals surface area contributed by atoms with Crippen LogP contribution in [0.4, 0.5) is 13.2 Å². The van der Waals surface area contributed by atoms with E-state index in [1.54, 1.807) is 18.2 Å². The van der Waals surface area contributed by atoms with Crippen LogP contribution in [0.5, 0.6) is 5.75 Å². The SMILES string of the molecule is CCn1nc(C(=O)NCC2(O)CCC(S(C)(=O)=O)CC2)c(Cl)c1-c1ccc(CCCC(F)(F)F)cc1OC. The van der Waals surface area contributed by atoms with Crippen LogP contribution in [0.1, 0.15) is 61.5 Å². The molecule has 0 atom stereocenters. The Balaban J connectivity index is 1.76. The fraction of sp³-hybridized carbons (Fsp3) is 0.600. The van der Waals surface area contributed by atoms with E-state index in [-0.39, 0.29) is 42.9 Å². The molecule has 1 aliphatic carbocycles. The molecule has 1 heterocycles. The molecular formula is C25H33ClF3N3O5S. The second-order valence-electron chi connectivity index (χ2n) is 9.77. The van der Waals surface area contributed by atoms with E-state index in [2.05, 4.69) is 10.4 Å². The molecule has 0 aliphatic heterocycles. The van der Waals surface area contributed by atoms with E-state index in [0.717, 1.165) is 0 Å². The second kappa shape index (κ2) is 11.8. The third kappa shape index (κ3) is 7.41. The summed E-state index contributed by atoms with van der Waals surface area (Å²) in [4.78, 5) is 13.0. The number of nitrogens with one attached hydrogen (secondary N) is 1. The van der Waals surface area contributed by atoms with Crippen LogP contribution in [0, 0.1) is 0 Å². The first kappa shape index (κ1) is 30.2. The van der Waals surface area contributed by atoms with Gasteiger partial charge in [0.15, 0.2) is 5.69 Å². The van der Waals surface area contributed by atoms with Gasteiger partial charge in [0, 0.05) is 31.3 Å². The third-order valence-corrected chi connectivity index (χ3v) is 8.94. The van der Waals surface area contributed by atoms with Gasteiger partial charge in [-0.05, 0) is 63.1 Å². The van der Waals surface area contributed by atoms with Gasteiger partial charge < -0.3 is 15.2 Å². The molecule has 2 aromatic rings. The summed E-state index contributed by atoms with van der Waals surface area (Å²) in [7, 11) is -1.75. The maximum Gasteiger partial charge on any atom is 0.389 e. The van der Waals surface area contributed by atoms with Gasteiger partial charge in [0.1, 0.15) is 15.6 Å². The molecule has 212 valence electrons. The Morgan fingerprint density at radius 2 is 1.97 bits per heavy atom. The van der Waals surface area contributed by atoms with Crippen molar-refractivity contribution < 1.29 is 36.2 Å². The van der Waals surface area contributed by atoms with Crippen molar-refractivity contribution in [1.82, 2.24) is 15.1 Å². The number of halogens is 4. The number of amides is 1. The molecule has 0 radical (unpaired) electrons. The zero-order valence-corrected chi connectivity index (χ0v) is 23.1. The van der Waals surface area contributed by atoms with Crippen LogP contribution < -0.4 is 10.1 Å². The fourth-order valence-electron chi connectivity index (χ4n) is 4.71. The molecule has 1 fully saturated rings. The van der Waals surface area contributed by atoms with Crippen molar-refractivity contribution in [3.8, 4) is 17.0 Å². The van der Waals surface area contributed by atoms with Crippen molar-refractivity contribution in [3.05, 3.63) is 34.5 Å². The smallest absolute Gasteiger partial charge is 0.389 e. The van der Waals surface area contributed by atoms with Crippen LogP contribution in [-0.2, 0) is 22.8 Å². The van der Waals surface area contributed by atoms with Crippen LogP contribution in [0.3, 0.4) is 0 Å². The Bertz CT molecular complexity index is 1260. The highest BCUT2D eigenvalue weighted by molar-refractivity contribution is 7.91. The number of carbonyl (C=O) groups excluding carboxylic acids is 1. The average molecular weight is 580 g/mol. The molecule has 0 saturated heterocycles. The molecule has 2 N–H and O–H groups in total. The van der Waals surface area contributed by atoms with Crippen LogP contribution >= 0.6 is 11.6 Å². The lowest BCUT2D eigenvalue weighted by molar-refractivity contribution is -0.135. The van der Waals surface area contributed by atoms with Crippen LogP contribution in [-0.4, -0.2) is 66.1 Å².